The van der Waals surface area contributed by atoms with Crippen molar-refractivity contribution in [1.29, 1.82) is 0 Å². The fourth-order valence-electron chi connectivity index (χ4n) is 2.57. The summed E-state index contributed by atoms with van der Waals surface area (Å²) in [5.41, 5.74) is 2.45. The molecule has 2 aromatic rings. The molecule has 1 aromatic carbocycles. The predicted molar refractivity (Wildman–Crippen MR) is 92.6 cm³/mol. The molecule has 1 aliphatic heterocycles. The molecule has 0 radical (unpaired) electrons. The van der Waals surface area contributed by atoms with Crippen LogP contribution in [0.1, 0.15) is 5.56 Å². The number of halogens is 2. The largest absolute Gasteiger partial charge is 0.368 e. The van der Waals surface area contributed by atoms with Gasteiger partial charge in [0.1, 0.15) is 5.82 Å². The third kappa shape index (κ3) is 3.16. The number of nitrogens with zero attached hydrogens (tertiary/aromatic N) is 3. The molecule has 2 heterocycles. The maximum Gasteiger partial charge on any atom is 0.143 e. The van der Waals surface area contributed by atoms with Crippen LogP contribution in [0, 0.1) is 6.92 Å². The van der Waals surface area contributed by atoms with Gasteiger partial charge in [-0.3, -0.25) is 0 Å². The molecule has 0 spiro atoms. The van der Waals surface area contributed by atoms with Gasteiger partial charge in [-0.25, -0.2) is 4.98 Å². The molecular weight excluding hydrogens is 350 g/mol. The number of aryl methyl sites for hydroxylation is 1. The molecule has 0 atom stereocenters. The number of aromatic nitrogens is 1. The minimum atomic E-state index is 0.783. The summed E-state index contributed by atoms with van der Waals surface area (Å²) >= 11 is 9.60. The third-order valence-electron chi connectivity index (χ3n) is 3.83. The Hall–Kier alpha value is -1.26. The topological polar surface area (TPSA) is 19.4 Å². The van der Waals surface area contributed by atoms with Crippen molar-refractivity contribution in [3.63, 3.8) is 0 Å². The van der Waals surface area contributed by atoms with Crippen molar-refractivity contribution in [2.45, 2.75) is 6.92 Å². The number of anilines is 2. The van der Waals surface area contributed by atoms with E-state index in [1.54, 1.807) is 0 Å². The Kier molecular flexibility index (Phi) is 4.36. The lowest BCUT2D eigenvalue weighted by atomic mass is 10.2. The Morgan fingerprint density at radius 3 is 2.29 bits per heavy atom. The molecule has 5 heteroatoms. The Morgan fingerprint density at radius 2 is 1.62 bits per heavy atom. The number of rotatable bonds is 2. The fourth-order valence-corrected chi connectivity index (χ4v) is 3.19. The molecule has 1 aliphatic rings. The van der Waals surface area contributed by atoms with Crippen LogP contribution < -0.4 is 9.80 Å². The van der Waals surface area contributed by atoms with Gasteiger partial charge < -0.3 is 9.80 Å². The standard InChI is InChI=1S/C16H17BrClN3/c1-12-6-7-19-16(15(12)17)21-10-8-20(9-11-21)14-4-2-13(18)3-5-14/h2-7H,8-11H2,1H3. The highest BCUT2D eigenvalue weighted by atomic mass is 79.9. The van der Waals surface area contributed by atoms with E-state index in [9.17, 15) is 0 Å². The molecule has 0 aliphatic carbocycles. The van der Waals surface area contributed by atoms with Gasteiger partial charge in [0.05, 0.1) is 4.47 Å². The monoisotopic (exact) mass is 365 g/mol. The van der Waals surface area contributed by atoms with E-state index < -0.39 is 0 Å². The number of hydrogen-bond acceptors (Lipinski definition) is 3. The van der Waals surface area contributed by atoms with E-state index in [1.165, 1.54) is 11.3 Å². The lowest BCUT2D eigenvalue weighted by molar-refractivity contribution is 0.646. The molecule has 1 saturated heterocycles. The zero-order valence-electron chi connectivity index (χ0n) is 11.9. The van der Waals surface area contributed by atoms with Crippen LogP contribution >= 0.6 is 27.5 Å². The van der Waals surface area contributed by atoms with Crippen molar-refractivity contribution in [3.8, 4) is 0 Å². The minimum absolute atomic E-state index is 0.783. The number of pyridine rings is 1. The van der Waals surface area contributed by atoms with E-state index in [0.29, 0.717) is 0 Å². The Balaban J connectivity index is 1.70. The first-order valence-electron chi connectivity index (χ1n) is 7.02. The molecule has 0 unspecified atom stereocenters. The van der Waals surface area contributed by atoms with Crippen LogP contribution in [0.25, 0.3) is 0 Å². The van der Waals surface area contributed by atoms with Crippen LogP contribution in [0.2, 0.25) is 5.02 Å². The van der Waals surface area contributed by atoms with Crippen molar-refractivity contribution < 1.29 is 0 Å². The Labute approximate surface area is 138 Å². The van der Waals surface area contributed by atoms with E-state index >= 15 is 0 Å². The fraction of sp³-hybridized carbons (Fsp3) is 0.312. The molecule has 21 heavy (non-hydrogen) atoms. The summed E-state index contributed by atoms with van der Waals surface area (Å²) in [5.74, 6) is 1.05. The van der Waals surface area contributed by atoms with Crippen LogP contribution in [0.15, 0.2) is 41.0 Å². The first-order chi connectivity index (χ1) is 10.1. The smallest absolute Gasteiger partial charge is 0.143 e. The molecule has 1 fully saturated rings. The average Bonchev–Trinajstić information content (AvgIpc) is 2.51. The maximum absolute atomic E-state index is 5.95. The van der Waals surface area contributed by atoms with E-state index in [1.807, 2.05) is 24.4 Å². The molecule has 0 N–H and O–H groups in total. The van der Waals surface area contributed by atoms with Crippen LogP contribution in [0.4, 0.5) is 11.5 Å². The minimum Gasteiger partial charge on any atom is -0.368 e. The maximum atomic E-state index is 5.95. The molecule has 0 amide bonds. The lowest BCUT2D eigenvalue weighted by Gasteiger charge is -2.37. The molecule has 0 bridgehead atoms. The van der Waals surface area contributed by atoms with Crippen LogP contribution in [-0.4, -0.2) is 31.2 Å². The first kappa shape index (κ1) is 14.7. The van der Waals surface area contributed by atoms with Crippen LogP contribution in [0.5, 0.6) is 0 Å². The van der Waals surface area contributed by atoms with Crippen molar-refractivity contribution in [2.24, 2.45) is 0 Å². The van der Waals surface area contributed by atoms with Gasteiger partial charge >= 0.3 is 0 Å². The second-order valence-corrected chi connectivity index (χ2v) is 6.45. The Bertz CT molecular complexity index is 622. The Morgan fingerprint density at radius 1 is 1.00 bits per heavy atom. The van der Waals surface area contributed by atoms with Crippen molar-refractivity contribution in [3.05, 3.63) is 51.6 Å². The average molecular weight is 367 g/mol. The summed E-state index contributed by atoms with van der Waals surface area (Å²) < 4.78 is 1.10. The quantitative estimate of drug-likeness (QED) is 0.796. The molecule has 3 nitrogen and oxygen atoms in total. The molecule has 0 saturated carbocycles. The zero-order chi connectivity index (χ0) is 14.8. The third-order valence-corrected chi connectivity index (χ3v) is 5.07. The second-order valence-electron chi connectivity index (χ2n) is 5.22. The van der Waals surface area contributed by atoms with Crippen molar-refractivity contribution in [1.82, 2.24) is 4.98 Å². The molecular formula is C16H17BrClN3. The highest BCUT2D eigenvalue weighted by molar-refractivity contribution is 9.10. The van der Waals surface area contributed by atoms with Crippen molar-refractivity contribution >= 4 is 39.0 Å². The van der Waals surface area contributed by atoms with E-state index in [4.69, 9.17) is 11.6 Å². The van der Waals surface area contributed by atoms with Gasteiger partial charge in [0.25, 0.3) is 0 Å². The van der Waals surface area contributed by atoms with Gasteiger partial charge in [0.15, 0.2) is 0 Å². The molecule has 3 rings (SSSR count). The molecule has 110 valence electrons. The number of hydrogen-bond donors (Lipinski definition) is 0. The van der Waals surface area contributed by atoms with Gasteiger partial charge in [0.2, 0.25) is 0 Å². The van der Waals surface area contributed by atoms with Crippen LogP contribution in [-0.2, 0) is 0 Å². The highest BCUT2D eigenvalue weighted by Crippen LogP contribution is 2.28. The normalized spacial score (nSPS) is 15.4. The number of benzene rings is 1. The van der Waals surface area contributed by atoms with Gasteiger partial charge in [-0.15, -0.1) is 0 Å². The zero-order valence-corrected chi connectivity index (χ0v) is 14.2. The highest BCUT2D eigenvalue weighted by Gasteiger charge is 2.20. The van der Waals surface area contributed by atoms with E-state index in [2.05, 4.69) is 49.8 Å². The summed E-state index contributed by atoms with van der Waals surface area (Å²) in [6.07, 6.45) is 1.88. The van der Waals surface area contributed by atoms with Gasteiger partial charge in [-0.1, -0.05) is 11.6 Å². The summed E-state index contributed by atoms with van der Waals surface area (Å²) in [7, 11) is 0. The van der Waals surface area contributed by atoms with E-state index in [0.717, 1.165) is 41.5 Å². The molecule has 1 aromatic heterocycles. The second kappa shape index (κ2) is 6.24. The predicted octanol–water partition coefficient (Wildman–Crippen LogP) is 4.13. The summed E-state index contributed by atoms with van der Waals surface area (Å²) in [4.78, 5) is 9.24. The summed E-state index contributed by atoms with van der Waals surface area (Å²) in [5, 5.41) is 0.783. The number of piperazine rings is 1. The van der Waals surface area contributed by atoms with Gasteiger partial charge in [-0.2, -0.15) is 0 Å². The van der Waals surface area contributed by atoms with Gasteiger partial charge in [0, 0.05) is 43.1 Å². The van der Waals surface area contributed by atoms with Gasteiger partial charge in [-0.05, 0) is 58.7 Å². The summed E-state index contributed by atoms with van der Waals surface area (Å²) in [6, 6.07) is 10.1. The lowest BCUT2D eigenvalue weighted by Crippen LogP contribution is -2.47. The first-order valence-corrected chi connectivity index (χ1v) is 8.19. The van der Waals surface area contributed by atoms with Crippen LogP contribution in [0.3, 0.4) is 0 Å². The van der Waals surface area contributed by atoms with Crippen molar-refractivity contribution in [2.75, 3.05) is 36.0 Å². The summed E-state index contributed by atoms with van der Waals surface area (Å²) in [6.45, 7) is 6.02. The van der Waals surface area contributed by atoms with E-state index in [-0.39, 0.29) is 0 Å². The SMILES string of the molecule is Cc1ccnc(N2CCN(c3ccc(Cl)cc3)CC2)c1Br.